The fourth-order valence-corrected chi connectivity index (χ4v) is 3.31. The number of ether oxygens (including phenoxy) is 1. The predicted octanol–water partition coefficient (Wildman–Crippen LogP) is 2.78. The zero-order valence-electron chi connectivity index (χ0n) is 11.7. The smallest absolute Gasteiger partial charge is 0.310 e. The van der Waals surface area contributed by atoms with Crippen LogP contribution in [0.15, 0.2) is 16.6 Å². The van der Waals surface area contributed by atoms with E-state index in [9.17, 15) is 19.1 Å². The van der Waals surface area contributed by atoms with E-state index in [4.69, 9.17) is 4.74 Å². The molecule has 1 aliphatic heterocycles. The standard InChI is InChI=1S/C15H15BrFNO4/c16-9-4-8-11(7-22-12(8)5-10(9)17)18-13(19)6-15(14(20)21)2-1-3-15/h4-5,11H,1-3,6-7H2,(H,18,19)(H,20,21). The molecule has 3 rings (SSSR count). The Bertz CT molecular complexity index is 645. The van der Waals surface area contributed by atoms with E-state index >= 15 is 0 Å². The van der Waals surface area contributed by atoms with Crippen LogP contribution >= 0.6 is 15.9 Å². The van der Waals surface area contributed by atoms with E-state index in [1.165, 1.54) is 6.07 Å². The average Bonchev–Trinajstić information content (AvgIpc) is 2.76. The highest BCUT2D eigenvalue weighted by molar-refractivity contribution is 9.10. The van der Waals surface area contributed by atoms with Crippen molar-refractivity contribution in [3.8, 4) is 5.75 Å². The fourth-order valence-electron chi connectivity index (χ4n) is 2.95. The summed E-state index contributed by atoms with van der Waals surface area (Å²) < 4.78 is 19.1. The lowest BCUT2D eigenvalue weighted by Gasteiger charge is -2.37. The quantitative estimate of drug-likeness (QED) is 0.853. The molecule has 1 aromatic carbocycles. The molecule has 5 nitrogen and oxygen atoms in total. The average molecular weight is 372 g/mol. The Morgan fingerprint density at radius 3 is 2.77 bits per heavy atom. The third-order valence-corrected chi connectivity index (χ3v) is 5.04. The van der Waals surface area contributed by atoms with Gasteiger partial charge in [-0.25, -0.2) is 4.39 Å². The van der Waals surface area contributed by atoms with E-state index in [2.05, 4.69) is 21.2 Å². The molecular weight excluding hydrogens is 357 g/mol. The number of carbonyl (C=O) groups is 2. The van der Waals surface area contributed by atoms with Crippen LogP contribution in [0.1, 0.15) is 37.3 Å². The van der Waals surface area contributed by atoms with Gasteiger partial charge >= 0.3 is 5.97 Å². The first-order valence-electron chi connectivity index (χ1n) is 7.06. The number of carbonyl (C=O) groups excluding carboxylic acids is 1. The first kappa shape index (κ1) is 15.3. The zero-order valence-corrected chi connectivity index (χ0v) is 13.3. The van der Waals surface area contributed by atoms with Crippen LogP contribution in [0, 0.1) is 11.2 Å². The van der Waals surface area contributed by atoms with Gasteiger partial charge in [-0.15, -0.1) is 0 Å². The number of fused-ring (bicyclic) bond motifs is 1. The summed E-state index contributed by atoms with van der Waals surface area (Å²) in [6, 6.07) is 2.47. The van der Waals surface area contributed by atoms with Gasteiger partial charge in [0.1, 0.15) is 18.2 Å². The molecule has 2 aliphatic rings. The van der Waals surface area contributed by atoms with Crippen molar-refractivity contribution in [1.82, 2.24) is 5.32 Å². The van der Waals surface area contributed by atoms with Gasteiger partial charge in [0.15, 0.2) is 0 Å². The Hall–Kier alpha value is -1.63. The van der Waals surface area contributed by atoms with Crippen LogP contribution in [0.2, 0.25) is 0 Å². The largest absolute Gasteiger partial charge is 0.491 e. The van der Waals surface area contributed by atoms with Crippen molar-refractivity contribution in [1.29, 1.82) is 0 Å². The number of carboxylic acids is 1. The second-order valence-electron chi connectivity index (χ2n) is 5.85. The van der Waals surface area contributed by atoms with Crippen LogP contribution in [0.3, 0.4) is 0 Å². The van der Waals surface area contributed by atoms with Crippen LogP contribution < -0.4 is 10.1 Å². The highest BCUT2D eigenvalue weighted by atomic mass is 79.9. The lowest BCUT2D eigenvalue weighted by atomic mass is 9.66. The second-order valence-corrected chi connectivity index (χ2v) is 6.71. The minimum Gasteiger partial charge on any atom is -0.491 e. The van der Waals surface area contributed by atoms with E-state index in [1.807, 2.05) is 0 Å². The molecule has 1 atom stereocenters. The van der Waals surface area contributed by atoms with Crippen molar-refractivity contribution in [3.63, 3.8) is 0 Å². The maximum absolute atomic E-state index is 13.4. The van der Waals surface area contributed by atoms with Crippen molar-refractivity contribution in [2.24, 2.45) is 5.41 Å². The van der Waals surface area contributed by atoms with E-state index in [-0.39, 0.29) is 25.0 Å². The highest BCUT2D eigenvalue weighted by Crippen LogP contribution is 2.44. The molecule has 7 heteroatoms. The molecule has 1 unspecified atom stereocenters. The topological polar surface area (TPSA) is 75.6 Å². The molecule has 1 aromatic rings. The third kappa shape index (κ3) is 2.58. The van der Waals surface area contributed by atoms with Gasteiger partial charge < -0.3 is 15.2 Å². The van der Waals surface area contributed by atoms with Gasteiger partial charge in [-0.1, -0.05) is 6.42 Å². The van der Waals surface area contributed by atoms with Gasteiger partial charge in [0.05, 0.1) is 15.9 Å². The van der Waals surface area contributed by atoms with Crippen molar-refractivity contribution in [2.75, 3.05) is 6.61 Å². The SMILES string of the molecule is O=C(CC1(C(=O)O)CCC1)NC1COc2cc(F)c(Br)cc21. The Morgan fingerprint density at radius 1 is 1.45 bits per heavy atom. The number of hydrogen-bond donors (Lipinski definition) is 2. The van der Waals surface area contributed by atoms with Gasteiger partial charge in [-0.2, -0.15) is 0 Å². The molecule has 118 valence electrons. The lowest BCUT2D eigenvalue weighted by Crippen LogP contribution is -2.43. The zero-order chi connectivity index (χ0) is 15.9. The molecule has 1 saturated carbocycles. The van der Waals surface area contributed by atoms with Crippen molar-refractivity contribution < 1.29 is 23.8 Å². The molecule has 0 spiro atoms. The van der Waals surface area contributed by atoms with Crippen molar-refractivity contribution in [3.05, 3.63) is 28.0 Å². The number of rotatable bonds is 4. The van der Waals surface area contributed by atoms with Crippen LogP contribution in [-0.4, -0.2) is 23.6 Å². The number of amides is 1. The molecule has 0 saturated heterocycles. The van der Waals surface area contributed by atoms with Crippen molar-refractivity contribution in [2.45, 2.75) is 31.7 Å². The fraction of sp³-hybridized carbons (Fsp3) is 0.467. The maximum atomic E-state index is 13.4. The van der Waals surface area contributed by atoms with Crippen LogP contribution in [-0.2, 0) is 9.59 Å². The lowest BCUT2D eigenvalue weighted by molar-refractivity contribution is -0.157. The van der Waals surface area contributed by atoms with Crippen molar-refractivity contribution >= 4 is 27.8 Å². The summed E-state index contributed by atoms with van der Waals surface area (Å²) in [6.07, 6.45) is 1.87. The summed E-state index contributed by atoms with van der Waals surface area (Å²) in [5.74, 6) is -1.25. The van der Waals surface area contributed by atoms with E-state index < -0.39 is 17.2 Å². The van der Waals surface area contributed by atoms with Gasteiger partial charge in [0.2, 0.25) is 5.91 Å². The van der Waals surface area contributed by atoms with Crippen LogP contribution in [0.5, 0.6) is 5.75 Å². The Labute approximate surface area is 135 Å². The number of aliphatic carboxylic acids is 1. The normalized spacial score (nSPS) is 21.5. The molecule has 22 heavy (non-hydrogen) atoms. The molecule has 0 bridgehead atoms. The minimum absolute atomic E-state index is 0.0312. The number of hydrogen-bond acceptors (Lipinski definition) is 3. The molecule has 2 N–H and O–H groups in total. The number of halogens is 2. The number of carboxylic acid groups (broad SMARTS) is 1. The van der Waals surface area contributed by atoms with E-state index in [0.717, 1.165) is 6.42 Å². The predicted molar refractivity (Wildman–Crippen MR) is 79.0 cm³/mol. The Morgan fingerprint density at radius 2 is 2.18 bits per heavy atom. The molecule has 1 aliphatic carbocycles. The minimum atomic E-state index is -0.921. The molecule has 1 heterocycles. The third-order valence-electron chi connectivity index (χ3n) is 4.43. The Kier molecular flexibility index (Phi) is 3.84. The summed E-state index contributed by atoms with van der Waals surface area (Å²) in [5.41, 5.74) is -0.227. The summed E-state index contributed by atoms with van der Waals surface area (Å²) in [5, 5.41) is 12.1. The van der Waals surface area contributed by atoms with Gasteiger partial charge in [-0.05, 0) is 34.8 Å². The van der Waals surface area contributed by atoms with Crippen LogP contribution in [0.25, 0.3) is 0 Å². The molecule has 1 amide bonds. The van der Waals surface area contributed by atoms with Crippen LogP contribution in [0.4, 0.5) is 4.39 Å². The molecular formula is C15H15BrFNO4. The van der Waals surface area contributed by atoms with Gasteiger partial charge in [-0.3, -0.25) is 9.59 Å². The maximum Gasteiger partial charge on any atom is 0.310 e. The summed E-state index contributed by atoms with van der Waals surface area (Å²) in [6.45, 7) is 0.219. The summed E-state index contributed by atoms with van der Waals surface area (Å²) >= 11 is 3.11. The van der Waals surface area contributed by atoms with Gasteiger partial charge in [0, 0.05) is 18.1 Å². The molecule has 0 aromatic heterocycles. The summed E-state index contributed by atoms with van der Waals surface area (Å²) in [7, 11) is 0. The van der Waals surface area contributed by atoms with E-state index in [1.54, 1.807) is 6.07 Å². The molecule has 1 fully saturated rings. The second kappa shape index (κ2) is 5.53. The van der Waals surface area contributed by atoms with E-state index in [0.29, 0.717) is 28.6 Å². The number of nitrogens with one attached hydrogen (secondary N) is 1. The first-order chi connectivity index (χ1) is 10.4. The first-order valence-corrected chi connectivity index (χ1v) is 7.85. The highest BCUT2D eigenvalue weighted by Gasteiger charge is 2.46. The Balaban J connectivity index is 1.69. The van der Waals surface area contributed by atoms with Gasteiger partial charge in [0.25, 0.3) is 0 Å². The molecule has 0 radical (unpaired) electrons. The number of benzene rings is 1. The summed E-state index contributed by atoms with van der Waals surface area (Å²) in [4.78, 5) is 23.5. The monoisotopic (exact) mass is 371 g/mol.